The Morgan fingerprint density at radius 2 is 1.88 bits per heavy atom. The second-order valence-corrected chi connectivity index (χ2v) is 7.42. The van der Waals surface area contributed by atoms with Gasteiger partial charge < -0.3 is 19.3 Å². The van der Waals surface area contributed by atoms with Crippen molar-refractivity contribution < 1.29 is 29.0 Å². The molecule has 11 heteroatoms. The van der Waals surface area contributed by atoms with Crippen LogP contribution in [-0.2, 0) is 32.2 Å². The number of hydrogen-bond acceptors (Lipinski definition) is 9. The molecule has 0 aliphatic carbocycles. The highest BCUT2D eigenvalue weighted by atomic mass is 16.7. The van der Waals surface area contributed by atoms with Crippen LogP contribution in [0.15, 0.2) is 29.1 Å². The maximum atomic E-state index is 13.3. The van der Waals surface area contributed by atoms with E-state index in [1.165, 1.54) is 18.8 Å². The SMILES string of the molecule is CC.COC(OC)c1c2c(nc3ccccc13)-c1c([N+](=O)[O-])c3c(c(=O)n1C2)COC(=O)C3O. The molecule has 11 nitrogen and oxygen atoms in total. The van der Waals surface area contributed by atoms with Crippen LogP contribution in [-0.4, -0.2) is 39.8 Å². The molecule has 0 radical (unpaired) electrons. The number of benzene rings is 1. The van der Waals surface area contributed by atoms with Crippen molar-refractivity contribution in [1.29, 1.82) is 0 Å². The van der Waals surface area contributed by atoms with Gasteiger partial charge in [0, 0.05) is 30.7 Å². The summed E-state index contributed by atoms with van der Waals surface area (Å²) in [6.45, 7) is 3.53. The molecule has 5 rings (SSSR count). The van der Waals surface area contributed by atoms with Gasteiger partial charge in [-0.05, 0) is 6.07 Å². The number of aliphatic hydroxyl groups excluding tert-OH is 1. The molecule has 0 saturated heterocycles. The van der Waals surface area contributed by atoms with Crippen LogP contribution >= 0.6 is 0 Å². The summed E-state index contributed by atoms with van der Waals surface area (Å²) in [5, 5.41) is 23.2. The van der Waals surface area contributed by atoms with Crippen LogP contribution in [0.2, 0.25) is 0 Å². The minimum absolute atomic E-state index is 0.0158. The number of carbonyl (C=O) groups is 1. The predicted molar refractivity (Wildman–Crippen MR) is 120 cm³/mol. The lowest BCUT2D eigenvalue weighted by atomic mass is 9.96. The van der Waals surface area contributed by atoms with Gasteiger partial charge in [-0.25, -0.2) is 9.78 Å². The smallest absolute Gasteiger partial charge is 0.340 e. The van der Waals surface area contributed by atoms with Gasteiger partial charge >= 0.3 is 11.7 Å². The van der Waals surface area contributed by atoms with Crippen molar-refractivity contribution in [3.05, 3.63) is 67.0 Å². The summed E-state index contributed by atoms with van der Waals surface area (Å²) in [4.78, 5) is 41.3. The highest BCUT2D eigenvalue weighted by Crippen LogP contribution is 2.46. The summed E-state index contributed by atoms with van der Waals surface area (Å²) in [5.74, 6) is -1.05. The molecule has 0 fully saturated rings. The molecule has 1 aromatic carbocycles. The first-order chi connectivity index (χ1) is 16.4. The van der Waals surface area contributed by atoms with Crippen LogP contribution in [0.4, 0.5) is 5.69 Å². The summed E-state index contributed by atoms with van der Waals surface area (Å²) in [6.07, 6.45) is -2.75. The zero-order valence-electron chi connectivity index (χ0n) is 19.0. The quantitative estimate of drug-likeness (QED) is 0.206. The van der Waals surface area contributed by atoms with Crippen LogP contribution < -0.4 is 5.56 Å². The first-order valence-electron chi connectivity index (χ1n) is 10.6. The molecule has 178 valence electrons. The second-order valence-electron chi connectivity index (χ2n) is 7.42. The van der Waals surface area contributed by atoms with Crippen molar-refractivity contribution >= 4 is 22.6 Å². The Bertz CT molecular complexity index is 1380. The number of aliphatic hydroxyl groups is 1. The molecule has 1 unspecified atom stereocenters. The zero-order chi connectivity index (χ0) is 24.7. The van der Waals surface area contributed by atoms with Crippen LogP contribution in [0.3, 0.4) is 0 Å². The molecule has 34 heavy (non-hydrogen) atoms. The number of esters is 1. The Hall–Kier alpha value is -3.67. The van der Waals surface area contributed by atoms with Crippen molar-refractivity contribution in [3.63, 3.8) is 0 Å². The van der Waals surface area contributed by atoms with Crippen molar-refractivity contribution in [3.8, 4) is 11.4 Å². The van der Waals surface area contributed by atoms with E-state index in [9.17, 15) is 24.8 Å². The van der Waals surface area contributed by atoms with Gasteiger partial charge in [0.1, 0.15) is 18.0 Å². The van der Waals surface area contributed by atoms with E-state index < -0.39 is 41.1 Å². The zero-order valence-corrected chi connectivity index (χ0v) is 19.0. The number of fused-ring (bicyclic) bond motifs is 5. The average Bonchev–Trinajstić information content (AvgIpc) is 3.22. The number of hydrogen-bond donors (Lipinski definition) is 1. The van der Waals surface area contributed by atoms with E-state index in [0.717, 1.165) is 0 Å². The largest absolute Gasteiger partial charge is 0.458 e. The lowest BCUT2D eigenvalue weighted by Crippen LogP contribution is -2.33. The number of para-hydroxylation sites is 1. The summed E-state index contributed by atoms with van der Waals surface area (Å²) < 4.78 is 17.0. The first kappa shape index (κ1) is 23.5. The van der Waals surface area contributed by atoms with Crippen molar-refractivity contribution in [1.82, 2.24) is 9.55 Å². The van der Waals surface area contributed by atoms with Crippen LogP contribution in [0, 0.1) is 10.1 Å². The lowest BCUT2D eigenvalue weighted by Gasteiger charge is -2.21. The maximum absolute atomic E-state index is 13.3. The van der Waals surface area contributed by atoms with Gasteiger partial charge in [0.2, 0.25) is 0 Å². The third kappa shape index (κ3) is 3.28. The van der Waals surface area contributed by atoms with E-state index in [-0.39, 0.29) is 29.1 Å². The van der Waals surface area contributed by atoms with E-state index in [2.05, 4.69) is 4.98 Å². The molecule has 0 spiro atoms. The molecule has 2 aromatic heterocycles. The standard InChI is InChI=1S/C21H17N3O8.C2H6/c1-30-21(31-2)13-9-5-3-4-6-12(9)22-15-10(13)7-23-17(15)16(24(28)29)14-11(19(23)26)8-32-20(27)18(14)25;1-2/h3-6,18,21,25H,7-8H2,1-2H3;1-2H3. The summed E-state index contributed by atoms with van der Waals surface area (Å²) in [7, 11) is 2.93. The van der Waals surface area contributed by atoms with Gasteiger partial charge in [-0.2, -0.15) is 0 Å². The number of nitro groups is 1. The molecule has 3 aromatic rings. The number of pyridine rings is 2. The monoisotopic (exact) mass is 469 g/mol. The van der Waals surface area contributed by atoms with E-state index in [4.69, 9.17) is 14.2 Å². The number of carbonyl (C=O) groups excluding carboxylic acids is 1. The minimum Gasteiger partial charge on any atom is -0.458 e. The Labute approximate surface area is 193 Å². The Morgan fingerprint density at radius 1 is 1.21 bits per heavy atom. The first-order valence-corrected chi connectivity index (χ1v) is 10.6. The van der Waals surface area contributed by atoms with Crippen molar-refractivity contribution in [2.75, 3.05) is 14.2 Å². The molecule has 0 bridgehead atoms. The summed E-state index contributed by atoms with van der Waals surface area (Å²) in [6, 6.07) is 7.14. The number of rotatable bonds is 4. The molecule has 0 saturated carbocycles. The highest BCUT2D eigenvalue weighted by Gasteiger charge is 2.44. The fraction of sp³-hybridized carbons (Fsp3) is 0.348. The molecule has 1 N–H and O–H groups in total. The molecular formula is C23H23N3O8. The molecule has 1 atom stereocenters. The fourth-order valence-corrected chi connectivity index (χ4v) is 4.52. The van der Waals surface area contributed by atoms with Gasteiger partial charge in [0.25, 0.3) is 5.56 Å². The van der Waals surface area contributed by atoms with Gasteiger partial charge in [-0.3, -0.25) is 19.5 Å². The average molecular weight is 469 g/mol. The number of nitrogens with zero attached hydrogens (tertiary/aromatic N) is 3. The van der Waals surface area contributed by atoms with Crippen molar-refractivity contribution in [2.45, 2.75) is 39.4 Å². The van der Waals surface area contributed by atoms with E-state index in [1.807, 2.05) is 26.0 Å². The van der Waals surface area contributed by atoms with Gasteiger partial charge in [-0.15, -0.1) is 0 Å². The molecular weight excluding hydrogens is 446 g/mol. The van der Waals surface area contributed by atoms with Crippen LogP contribution in [0.5, 0.6) is 0 Å². The predicted octanol–water partition coefficient (Wildman–Crippen LogP) is 2.74. The van der Waals surface area contributed by atoms with Gasteiger partial charge in [0.05, 0.1) is 28.1 Å². The number of methoxy groups -OCH3 is 2. The molecule has 2 aliphatic heterocycles. The Kier molecular flexibility index (Phi) is 6.17. The molecule has 4 heterocycles. The summed E-state index contributed by atoms with van der Waals surface area (Å²) in [5.41, 5.74) is 0.183. The Balaban J connectivity index is 0.00000133. The fourth-order valence-electron chi connectivity index (χ4n) is 4.52. The third-order valence-corrected chi connectivity index (χ3v) is 5.86. The second kappa shape index (κ2) is 8.93. The van der Waals surface area contributed by atoms with Crippen LogP contribution in [0.1, 0.15) is 48.5 Å². The Morgan fingerprint density at radius 3 is 2.53 bits per heavy atom. The van der Waals surface area contributed by atoms with E-state index in [1.54, 1.807) is 12.1 Å². The number of cyclic esters (lactones) is 1. The van der Waals surface area contributed by atoms with Gasteiger partial charge in [0.15, 0.2) is 12.4 Å². The van der Waals surface area contributed by atoms with Gasteiger partial charge in [-0.1, -0.05) is 32.0 Å². The van der Waals surface area contributed by atoms with Crippen molar-refractivity contribution in [2.24, 2.45) is 0 Å². The molecule has 0 amide bonds. The number of ether oxygens (including phenoxy) is 3. The maximum Gasteiger partial charge on any atom is 0.340 e. The normalized spacial score (nSPS) is 15.8. The van der Waals surface area contributed by atoms with E-state index in [0.29, 0.717) is 22.0 Å². The minimum atomic E-state index is -1.94. The highest BCUT2D eigenvalue weighted by molar-refractivity contribution is 5.91. The summed E-state index contributed by atoms with van der Waals surface area (Å²) >= 11 is 0. The third-order valence-electron chi connectivity index (χ3n) is 5.86. The number of aromatic nitrogens is 2. The molecule has 2 aliphatic rings. The van der Waals surface area contributed by atoms with E-state index >= 15 is 0 Å². The lowest BCUT2D eigenvalue weighted by molar-refractivity contribution is -0.385. The van der Waals surface area contributed by atoms with Crippen LogP contribution in [0.25, 0.3) is 22.3 Å². The topological polar surface area (TPSA) is 143 Å².